The summed E-state index contributed by atoms with van der Waals surface area (Å²) in [7, 11) is 0. The molecule has 0 bridgehead atoms. The molecule has 4 heteroatoms. The van der Waals surface area contributed by atoms with Crippen molar-refractivity contribution in [1.29, 1.82) is 0 Å². The molecule has 0 aromatic heterocycles. The molecule has 0 aliphatic rings. The van der Waals surface area contributed by atoms with Crippen LogP contribution in [0.5, 0.6) is 0 Å². The number of aliphatic hydroxyl groups excluding tert-OH is 1. The van der Waals surface area contributed by atoms with Crippen molar-refractivity contribution >= 4 is 11.4 Å². The van der Waals surface area contributed by atoms with Crippen LogP contribution >= 0.6 is 0 Å². The highest BCUT2D eigenvalue weighted by Crippen LogP contribution is 2.29. The standard InChI is InChI=1S/C14H23FN2O/c1-9-7-12(11(16)8-10(9)15)17-13(5-6-18)14(2,3)4/h7-8,13,17-18H,5-6,16H2,1-4H3. The summed E-state index contributed by atoms with van der Waals surface area (Å²) in [5.74, 6) is -0.299. The number of nitrogens with two attached hydrogens (primary N) is 1. The second-order valence-corrected chi connectivity index (χ2v) is 5.76. The van der Waals surface area contributed by atoms with E-state index in [0.29, 0.717) is 17.7 Å². The fourth-order valence-corrected chi connectivity index (χ4v) is 1.86. The number of rotatable bonds is 4. The number of nitrogens with one attached hydrogen (secondary N) is 1. The van der Waals surface area contributed by atoms with E-state index in [1.54, 1.807) is 13.0 Å². The number of hydrogen-bond acceptors (Lipinski definition) is 3. The Morgan fingerprint density at radius 3 is 2.50 bits per heavy atom. The number of hydrogen-bond donors (Lipinski definition) is 3. The van der Waals surface area contributed by atoms with Crippen LogP contribution in [0.25, 0.3) is 0 Å². The van der Waals surface area contributed by atoms with E-state index < -0.39 is 0 Å². The summed E-state index contributed by atoms with van der Waals surface area (Å²) < 4.78 is 13.3. The maximum absolute atomic E-state index is 13.3. The van der Waals surface area contributed by atoms with Gasteiger partial charge in [0, 0.05) is 12.6 Å². The largest absolute Gasteiger partial charge is 0.397 e. The number of aryl methyl sites for hydroxylation is 1. The second kappa shape index (κ2) is 5.57. The van der Waals surface area contributed by atoms with Crippen LogP contribution < -0.4 is 11.1 Å². The molecule has 0 aliphatic heterocycles. The van der Waals surface area contributed by atoms with Gasteiger partial charge >= 0.3 is 0 Å². The first-order valence-corrected chi connectivity index (χ1v) is 6.18. The maximum Gasteiger partial charge on any atom is 0.128 e. The fraction of sp³-hybridized carbons (Fsp3) is 0.571. The van der Waals surface area contributed by atoms with Crippen LogP contribution in [-0.2, 0) is 0 Å². The van der Waals surface area contributed by atoms with Crippen molar-refractivity contribution in [3.05, 3.63) is 23.5 Å². The first-order chi connectivity index (χ1) is 8.25. The third-order valence-electron chi connectivity index (χ3n) is 3.12. The first-order valence-electron chi connectivity index (χ1n) is 6.18. The van der Waals surface area contributed by atoms with Gasteiger partial charge < -0.3 is 16.2 Å². The Morgan fingerprint density at radius 1 is 1.39 bits per heavy atom. The summed E-state index contributed by atoms with van der Waals surface area (Å²) in [6.45, 7) is 8.08. The van der Waals surface area contributed by atoms with Gasteiger partial charge in [0.2, 0.25) is 0 Å². The van der Waals surface area contributed by atoms with Gasteiger partial charge in [-0.15, -0.1) is 0 Å². The monoisotopic (exact) mass is 254 g/mol. The van der Waals surface area contributed by atoms with Gasteiger partial charge in [0.1, 0.15) is 5.82 Å². The molecule has 1 unspecified atom stereocenters. The van der Waals surface area contributed by atoms with Crippen LogP contribution in [0.4, 0.5) is 15.8 Å². The number of aliphatic hydroxyl groups is 1. The van der Waals surface area contributed by atoms with Crippen molar-refractivity contribution in [3.8, 4) is 0 Å². The third kappa shape index (κ3) is 3.60. The maximum atomic E-state index is 13.3. The van der Waals surface area contributed by atoms with Crippen molar-refractivity contribution in [3.63, 3.8) is 0 Å². The molecule has 0 spiro atoms. The summed E-state index contributed by atoms with van der Waals surface area (Å²) in [6, 6.07) is 3.12. The van der Waals surface area contributed by atoms with Gasteiger partial charge in [-0.3, -0.25) is 0 Å². The van der Waals surface area contributed by atoms with E-state index in [1.165, 1.54) is 6.07 Å². The van der Waals surface area contributed by atoms with Crippen molar-refractivity contribution in [2.45, 2.75) is 40.2 Å². The molecule has 4 N–H and O–H groups in total. The van der Waals surface area contributed by atoms with E-state index in [0.717, 1.165) is 5.69 Å². The minimum Gasteiger partial charge on any atom is -0.397 e. The quantitative estimate of drug-likeness (QED) is 0.724. The molecule has 0 fully saturated rings. The van der Waals surface area contributed by atoms with E-state index in [4.69, 9.17) is 10.8 Å². The summed E-state index contributed by atoms with van der Waals surface area (Å²) >= 11 is 0. The van der Waals surface area contributed by atoms with Crippen LogP contribution in [0.2, 0.25) is 0 Å². The van der Waals surface area contributed by atoms with E-state index in [1.807, 2.05) is 0 Å². The summed E-state index contributed by atoms with van der Waals surface area (Å²) in [6.07, 6.45) is 0.624. The van der Waals surface area contributed by atoms with Crippen molar-refractivity contribution < 1.29 is 9.50 Å². The number of benzene rings is 1. The van der Waals surface area contributed by atoms with E-state index >= 15 is 0 Å². The van der Waals surface area contributed by atoms with Gasteiger partial charge in [-0.25, -0.2) is 4.39 Å². The average molecular weight is 254 g/mol. The van der Waals surface area contributed by atoms with Gasteiger partial charge in [0.05, 0.1) is 11.4 Å². The lowest BCUT2D eigenvalue weighted by molar-refractivity contribution is 0.235. The predicted octanol–water partition coefficient (Wildman–Crippen LogP) is 2.93. The van der Waals surface area contributed by atoms with E-state index in [9.17, 15) is 4.39 Å². The molecule has 1 aromatic rings. The second-order valence-electron chi connectivity index (χ2n) is 5.76. The smallest absolute Gasteiger partial charge is 0.128 e. The number of anilines is 2. The first kappa shape index (κ1) is 14.8. The Labute approximate surface area is 108 Å². The lowest BCUT2D eigenvalue weighted by atomic mass is 9.84. The summed E-state index contributed by atoms with van der Waals surface area (Å²) in [5, 5.41) is 12.4. The molecule has 0 aliphatic carbocycles. The SMILES string of the molecule is Cc1cc(NC(CCO)C(C)(C)C)c(N)cc1F. The highest BCUT2D eigenvalue weighted by atomic mass is 19.1. The van der Waals surface area contributed by atoms with Crippen LogP contribution in [0.3, 0.4) is 0 Å². The van der Waals surface area contributed by atoms with E-state index in [-0.39, 0.29) is 23.9 Å². The molecule has 1 aromatic carbocycles. The Kier molecular flexibility index (Phi) is 4.57. The van der Waals surface area contributed by atoms with Crippen LogP contribution in [-0.4, -0.2) is 17.8 Å². The normalized spacial score (nSPS) is 13.4. The molecule has 1 rings (SSSR count). The van der Waals surface area contributed by atoms with Crippen LogP contribution in [0.1, 0.15) is 32.8 Å². The topological polar surface area (TPSA) is 58.3 Å². The van der Waals surface area contributed by atoms with Crippen molar-refractivity contribution in [2.75, 3.05) is 17.7 Å². The molecule has 102 valence electrons. The van der Waals surface area contributed by atoms with Crippen LogP contribution in [0, 0.1) is 18.2 Å². The minimum absolute atomic E-state index is 0.0164. The molecule has 3 nitrogen and oxygen atoms in total. The molecular weight excluding hydrogens is 231 g/mol. The lowest BCUT2D eigenvalue weighted by Crippen LogP contribution is -2.35. The highest BCUT2D eigenvalue weighted by molar-refractivity contribution is 5.67. The molecule has 0 amide bonds. The summed E-state index contributed by atoms with van der Waals surface area (Å²) in [4.78, 5) is 0. The van der Waals surface area contributed by atoms with Crippen LogP contribution in [0.15, 0.2) is 12.1 Å². The average Bonchev–Trinajstić information content (AvgIpc) is 2.23. The highest BCUT2D eigenvalue weighted by Gasteiger charge is 2.24. The molecule has 0 radical (unpaired) electrons. The van der Waals surface area contributed by atoms with Gasteiger partial charge in [-0.05, 0) is 36.5 Å². The lowest BCUT2D eigenvalue weighted by Gasteiger charge is -2.32. The Morgan fingerprint density at radius 2 is 2.00 bits per heavy atom. The predicted molar refractivity (Wildman–Crippen MR) is 74.1 cm³/mol. The Bertz CT molecular complexity index is 413. The minimum atomic E-state index is -0.299. The third-order valence-corrected chi connectivity index (χ3v) is 3.12. The van der Waals surface area contributed by atoms with E-state index in [2.05, 4.69) is 26.1 Å². The van der Waals surface area contributed by atoms with Crippen molar-refractivity contribution in [1.82, 2.24) is 0 Å². The Hall–Kier alpha value is -1.29. The van der Waals surface area contributed by atoms with Crippen molar-refractivity contribution in [2.24, 2.45) is 5.41 Å². The van der Waals surface area contributed by atoms with Gasteiger partial charge in [-0.1, -0.05) is 20.8 Å². The zero-order valence-electron chi connectivity index (χ0n) is 11.5. The zero-order valence-corrected chi connectivity index (χ0v) is 11.5. The number of halogens is 1. The fourth-order valence-electron chi connectivity index (χ4n) is 1.86. The van der Waals surface area contributed by atoms with Gasteiger partial charge in [0.15, 0.2) is 0 Å². The number of nitrogen functional groups attached to an aromatic ring is 1. The molecular formula is C14H23FN2O. The Balaban J connectivity index is 2.97. The zero-order chi connectivity index (χ0) is 13.9. The molecule has 0 saturated carbocycles. The molecule has 0 heterocycles. The molecule has 0 saturated heterocycles. The van der Waals surface area contributed by atoms with Gasteiger partial charge in [-0.2, -0.15) is 0 Å². The summed E-state index contributed by atoms with van der Waals surface area (Å²) in [5.41, 5.74) is 7.47. The molecule has 18 heavy (non-hydrogen) atoms. The van der Waals surface area contributed by atoms with Gasteiger partial charge in [0.25, 0.3) is 0 Å². The molecule has 1 atom stereocenters.